The first-order chi connectivity index (χ1) is 9.63. The normalized spacial score (nSPS) is 10.9. The van der Waals surface area contributed by atoms with Crippen LogP contribution in [0.3, 0.4) is 0 Å². The van der Waals surface area contributed by atoms with Gasteiger partial charge in [0.2, 0.25) is 0 Å². The van der Waals surface area contributed by atoms with E-state index in [-0.39, 0.29) is 20.1 Å². The smallest absolute Gasteiger partial charge is 0.0649 e. The third kappa shape index (κ3) is 3.36. The van der Waals surface area contributed by atoms with Gasteiger partial charge in [-0.05, 0) is 36.2 Å². The van der Waals surface area contributed by atoms with Crippen LogP contribution < -0.4 is 0 Å². The predicted octanol–water partition coefficient (Wildman–Crippen LogP) is 3.26. The molecule has 1 radical (unpaired) electrons. The SMILES string of the molecule is Cc1n[c-]c(-c2cc3ccn(CC(C)C)c3cn2)cn1.[Ir]. The van der Waals surface area contributed by atoms with Crippen molar-refractivity contribution in [3.05, 3.63) is 42.7 Å². The van der Waals surface area contributed by atoms with Crippen molar-refractivity contribution in [2.75, 3.05) is 0 Å². The van der Waals surface area contributed by atoms with E-state index in [1.54, 1.807) is 6.20 Å². The van der Waals surface area contributed by atoms with Crippen molar-refractivity contribution in [2.45, 2.75) is 27.3 Å². The summed E-state index contributed by atoms with van der Waals surface area (Å²) in [5.41, 5.74) is 2.85. The van der Waals surface area contributed by atoms with Crippen LogP contribution in [0.4, 0.5) is 0 Å². The first kappa shape index (κ1) is 15.8. The molecular weight excluding hydrogens is 440 g/mol. The Kier molecular flexibility index (Phi) is 4.86. The molecule has 0 aromatic carbocycles. The molecule has 0 aliphatic carbocycles. The molecule has 21 heavy (non-hydrogen) atoms. The van der Waals surface area contributed by atoms with Gasteiger partial charge in [-0.25, -0.2) is 0 Å². The van der Waals surface area contributed by atoms with Gasteiger partial charge in [-0.1, -0.05) is 31.7 Å². The van der Waals surface area contributed by atoms with E-state index in [1.807, 2.05) is 13.1 Å². The van der Waals surface area contributed by atoms with Crippen LogP contribution in [-0.2, 0) is 26.7 Å². The number of aromatic nitrogens is 4. The molecule has 111 valence electrons. The molecule has 0 bridgehead atoms. The first-order valence-corrected chi connectivity index (χ1v) is 6.80. The maximum atomic E-state index is 4.51. The van der Waals surface area contributed by atoms with Crippen molar-refractivity contribution in [3.8, 4) is 11.3 Å². The summed E-state index contributed by atoms with van der Waals surface area (Å²) in [6, 6.07) is 4.19. The molecule has 0 saturated heterocycles. The van der Waals surface area contributed by atoms with E-state index in [1.165, 1.54) is 5.39 Å². The fraction of sp³-hybridized carbons (Fsp3) is 0.312. The minimum Gasteiger partial charge on any atom is -0.346 e. The molecule has 0 spiro atoms. The van der Waals surface area contributed by atoms with Gasteiger partial charge >= 0.3 is 0 Å². The summed E-state index contributed by atoms with van der Waals surface area (Å²) in [7, 11) is 0. The molecule has 0 saturated carbocycles. The van der Waals surface area contributed by atoms with Crippen molar-refractivity contribution in [1.82, 2.24) is 19.5 Å². The molecule has 0 N–H and O–H groups in total. The van der Waals surface area contributed by atoms with Crippen molar-refractivity contribution < 1.29 is 20.1 Å². The molecule has 3 rings (SSSR count). The van der Waals surface area contributed by atoms with Gasteiger partial charge in [0.15, 0.2) is 0 Å². The molecular formula is C16H17IrN4-. The zero-order valence-electron chi connectivity index (χ0n) is 12.3. The Hall–Kier alpha value is -1.58. The number of hydrogen-bond donors (Lipinski definition) is 0. The van der Waals surface area contributed by atoms with Gasteiger partial charge < -0.3 is 19.5 Å². The largest absolute Gasteiger partial charge is 0.346 e. The predicted molar refractivity (Wildman–Crippen MR) is 79.2 cm³/mol. The summed E-state index contributed by atoms with van der Waals surface area (Å²) in [5.74, 6) is 1.34. The minimum absolute atomic E-state index is 0. The number of hydrogen-bond acceptors (Lipinski definition) is 3. The second kappa shape index (κ2) is 6.46. The van der Waals surface area contributed by atoms with E-state index in [4.69, 9.17) is 0 Å². The van der Waals surface area contributed by atoms with Crippen LogP contribution in [0.1, 0.15) is 19.7 Å². The maximum Gasteiger partial charge on any atom is 0.0649 e. The second-order valence-corrected chi connectivity index (χ2v) is 5.43. The zero-order chi connectivity index (χ0) is 14.1. The minimum atomic E-state index is 0. The molecule has 3 aromatic rings. The number of fused-ring (bicyclic) bond motifs is 1. The van der Waals surface area contributed by atoms with Crippen LogP contribution >= 0.6 is 0 Å². The molecule has 0 atom stereocenters. The molecule has 3 aromatic heterocycles. The first-order valence-electron chi connectivity index (χ1n) is 6.80. The Morgan fingerprint density at radius 3 is 2.71 bits per heavy atom. The van der Waals surface area contributed by atoms with Crippen molar-refractivity contribution in [2.24, 2.45) is 5.92 Å². The fourth-order valence-corrected chi connectivity index (χ4v) is 2.27. The monoisotopic (exact) mass is 458 g/mol. The van der Waals surface area contributed by atoms with Gasteiger partial charge in [-0.15, -0.1) is 0 Å². The third-order valence-corrected chi connectivity index (χ3v) is 3.21. The number of nitrogens with zero attached hydrogens (tertiary/aromatic N) is 4. The van der Waals surface area contributed by atoms with Crippen LogP contribution in [-0.4, -0.2) is 19.5 Å². The standard InChI is InChI=1S/C16H17N4.Ir/c1-11(2)10-20-5-4-13-6-15(19-9-16(13)20)14-7-17-12(3)18-8-14;/h4-7,9,11H,10H2,1-3H3;/q-1;. The fourth-order valence-electron chi connectivity index (χ4n) is 2.27. The summed E-state index contributed by atoms with van der Waals surface area (Å²) in [5, 5.41) is 1.18. The molecule has 0 fully saturated rings. The van der Waals surface area contributed by atoms with Crippen LogP contribution in [0.15, 0.2) is 30.7 Å². The van der Waals surface area contributed by atoms with E-state index in [0.717, 1.165) is 29.1 Å². The average Bonchev–Trinajstić information content (AvgIpc) is 2.81. The third-order valence-electron chi connectivity index (χ3n) is 3.21. The number of rotatable bonds is 3. The van der Waals surface area contributed by atoms with Gasteiger partial charge in [0.05, 0.1) is 5.52 Å². The van der Waals surface area contributed by atoms with Crippen LogP contribution in [0.25, 0.3) is 22.2 Å². The van der Waals surface area contributed by atoms with E-state index < -0.39 is 0 Å². The van der Waals surface area contributed by atoms with Crippen LogP contribution in [0.2, 0.25) is 0 Å². The molecule has 0 unspecified atom stereocenters. The van der Waals surface area contributed by atoms with Crippen LogP contribution in [0, 0.1) is 19.0 Å². The van der Waals surface area contributed by atoms with Gasteiger partial charge in [0.25, 0.3) is 0 Å². The number of aryl methyl sites for hydroxylation is 1. The molecule has 4 nitrogen and oxygen atoms in total. The van der Waals surface area contributed by atoms with Gasteiger partial charge in [0, 0.05) is 44.9 Å². The molecule has 0 aliphatic heterocycles. The summed E-state index contributed by atoms with van der Waals surface area (Å²) >= 11 is 0. The maximum absolute atomic E-state index is 4.51. The van der Waals surface area contributed by atoms with E-state index in [2.05, 4.69) is 57.9 Å². The molecule has 0 aliphatic rings. The topological polar surface area (TPSA) is 43.6 Å². The van der Waals surface area contributed by atoms with E-state index >= 15 is 0 Å². The Bertz CT molecular complexity index is 732. The van der Waals surface area contributed by atoms with E-state index in [9.17, 15) is 0 Å². The summed E-state index contributed by atoms with van der Waals surface area (Å²) in [4.78, 5) is 12.8. The molecule has 0 amide bonds. The van der Waals surface area contributed by atoms with Gasteiger partial charge in [0.1, 0.15) is 0 Å². The second-order valence-electron chi connectivity index (χ2n) is 5.43. The van der Waals surface area contributed by atoms with Crippen LogP contribution in [0.5, 0.6) is 0 Å². The Balaban J connectivity index is 0.00000161. The quantitative estimate of drug-likeness (QED) is 0.567. The van der Waals surface area contributed by atoms with Gasteiger partial charge in [-0.3, -0.25) is 0 Å². The summed E-state index contributed by atoms with van der Waals surface area (Å²) in [6.45, 7) is 7.28. The van der Waals surface area contributed by atoms with E-state index in [0.29, 0.717) is 5.92 Å². The Morgan fingerprint density at radius 1 is 1.24 bits per heavy atom. The molecule has 3 heterocycles. The van der Waals surface area contributed by atoms with Crippen molar-refractivity contribution in [3.63, 3.8) is 0 Å². The molecule has 5 heteroatoms. The average molecular weight is 458 g/mol. The van der Waals surface area contributed by atoms with Gasteiger partial charge in [-0.2, -0.15) is 0 Å². The zero-order valence-corrected chi connectivity index (χ0v) is 14.7. The van der Waals surface area contributed by atoms with Crippen molar-refractivity contribution >= 4 is 10.9 Å². The summed E-state index contributed by atoms with van der Waals surface area (Å²) in [6.07, 6.45) is 8.77. The Labute approximate surface area is 138 Å². The summed E-state index contributed by atoms with van der Waals surface area (Å²) < 4.78 is 2.24. The number of pyridine rings is 1. The Morgan fingerprint density at radius 2 is 2.05 bits per heavy atom. The van der Waals surface area contributed by atoms with Crippen molar-refractivity contribution in [1.29, 1.82) is 0 Å².